The van der Waals surface area contributed by atoms with Crippen LogP contribution < -0.4 is 10.6 Å². The molecule has 1 aliphatic rings. The maximum Gasteiger partial charge on any atom is 0.271 e. The molecule has 1 atom stereocenters. The van der Waals surface area contributed by atoms with E-state index in [0.29, 0.717) is 18.5 Å². The highest BCUT2D eigenvalue weighted by Gasteiger charge is 2.26. The summed E-state index contributed by atoms with van der Waals surface area (Å²) in [5, 5.41) is 19.6. The van der Waals surface area contributed by atoms with Gasteiger partial charge in [-0.2, -0.15) is 5.10 Å². The summed E-state index contributed by atoms with van der Waals surface area (Å²) in [5.41, 5.74) is 1.57. The number of rotatable bonds is 5. The SMILES string of the molecule is CNC(=O)c1cc(C(=O)NC2CCC(O)CC2)n(C(C)c2ccccc2)n1. The summed E-state index contributed by atoms with van der Waals surface area (Å²) >= 11 is 0. The van der Waals surface area contributed by atoms with Crippen molar-refractivity contribution < 1.29 is 14.7 Å². The van der Waals surface area contributed by atoms with Gasteiger partial charge in [0.25, 0.3) is 11.8 Å². The molecule has 2 aromatic rings. The molecule has 7 nitrogen and oxygen atoms in total. The van der Waals surface area contributed by atoms with Gasteiger partial charge >= 0.3 is 0 Å². The van der Waals surface area contributed by atoms with Gasteiger partial charge in [0.1, 0.15) is 5.69 Å². The largest absolute Gasteiger partial charge is 0.393 e. The fourth-order valence-corrected chi connectivity index (χ4v) is 3.45. The van der Waals surface area contributed by atoms with Gasteiger partial charge in [0.05, 0.1) is 12.1 Å². The molecule has 0 aliphatic heterocycles. The van der Waals surface area contributed by atoms with Gasteiger partial charge in [-0.05, 0) is 38.2 Å². The third-order valence-corrected chi connectivity index (χ3v) is 5.11. The van der Waals surface area contributed by atoms with Crippen molar-refractivity contribution in [2.75, 3.05) is 7.05 Å². The van der Waals surface area contributed by atoms with Gasteiger partial charge in [0, 0.05) is 19.2 Å². The molecule has 3 rings (SSSR count). The van der Waals surface area contributed by atoms with Gasteiger partial charge < -0.3 is 15.7 Å². The van der Waals surface area contributed by atoms with Crippen LogP contribution in [0.1, 0.15) is 65.2 Å². The minimum Gasteiger partial charge on any atom is -0.393 e. The molecular weight excluding hydrogens is 344 g/mol. The number of benzene rings is 1. The number of hydrogen-bond acceptors (Lipinski definition) is 4. The molecule has 0 radical (unpaired) electrons. The van der Waals surface area contributed by atoms with E-state index >= 15 is 0 Å². The summed E-state index contributed by atoms with van der Waals surface area (Å²) < 4.78 is 1.60. The van der Waals surface area contributed by atoms with Crippen LogP contribution in [0, 0.1) is 0 Å². The third-order valence-electron chi connectivity index (χ3n) is 5.11. The molecule has 0 spiro atoms. The highest BCUT2D eigenvalue weighted by atomic mass is 16.3. The minimum absolute atomic E-state index is 0.0275. The molecule has 1 heterocycles. The second-order valence-corrected chi connectivity index (χ2v) is 7.00. The lowest BCUT2D eigenvalue weighted by atomic mass is 9.93. The van der Waals surface area contributed by atoms with Crippen LogP contribution in [0.15, 0.2) is 36.4 Å². The Morgan fingerprint density at radius 3 is 2.44 bits per heavy atom. The van der Waals surface area contributed by atoms with Crippen molar-refractivity contribution in [3.63, 3.8) is 0 Å². The van der Waals surface area contributed by atoms with E-state index in [1.54, 1.807) is 4.68 Å². The van der Waals surface area contributed by atoms with E-state index in [9.17, 15) is 14.7 Å². The van der Waals surface area contributed by atoms with E-state index in [1.807, 2.05) is 37.3 Å². The predicted octanol–water partition coefficient (Wildman–Crippen LogP) is 1.89. The highest BCUT2D eigenvalue weighted by molar-refractivity contribution is 5.98. The first-order chi connectivity index (χ1) is 13.0. The smallest absolute Gasteiger partial charge is 0.271 e. The highest BCUT2D eigenvalue weighted by Crippen LogP contribution is 2.22. The first-order valence-corrected chi connectivity index (χ1v) is 9.35. The van der Waals surface area contributed by atoms with E-state index in [-0.39, 0.29) is 35.7 Å². The number of nitrogens with zero attached hydrogens (tertiary/aromatic N) is 2. The van der Waals surface area contributed by atoms with E-state index < -0.39 is 0 Å². The van der Waals surface area contributed by atoms with Crippen molar-refractivity contribution in [3.8, 4) is 0 Å². The standard InChI is InChI=1S/C20H26N4O3/c1-13(14-6-4-3-5-7-14)24-18(12-17(23-24)19(26)21-2)20(27)22-15-8-10-16(25)11-9-15/h3-7,12-13,15-16,25H,8-11H2,1-2H3,(H,21,26)(H,22,27). The molecule has 144 valence electrons. The maximum absolute atomic E-state index is 12.9. The lowest BCUT2D eigenvalue weighted by Gasteiger charge is -2.26. The normalized spacial score (nSPS) is 20.7. The molecular formula is C20H26N4O3. The monoisotopic (exact) mass is 370 g/mol. The summed E-state index contributed by atoms with van der Waals surface area (Å²) in [6.07, 6.45) is 2.60. The fraction of sp³-hybridized carbons (Fsp3) is 0.450. The Balaban J connectivity index is 1.87. The first kappa shape index (κ1) is 19.1. The van der Waals surface area contributed by atoms with Crippen LogP contribution in [0.2, 0.25) is 0 Å². The van der Waals surface area contributed by atoms with Crippen molar-refractivity contribution in [3.05, 3.63) is 53.3 Å². The maximum atomic E-state index is 12.9. The van der Waals surface area contributed by atoms with Crippen LogP contribution in [0.3, 0.4) is 0 Å². The topological polar surface area (TPSA) is 96.3 Å². The van der Waals surface area contributed by atoms with Gasteiger partial charge in [-0.3, -0.25) is 14.3 Å². The predicted molar refractivity (Wildman–Crippen MR) is 102 cm³/mol. The summed E-state index contributed by atoms with van der Waals surface area (Å²) in [6.45, 7) is 1.95. The zero-order valence-corrected chi connectivity index (χ0v) is 15.7. The van der Waals surface area contributed by atoms with E-state index in [1.165, 1.54) is 13.1 Å². The molecule has 1 aliphatic carbocycles. The number of hydrogen-bond donors (Lipinski definition) is 3. The number of aromatic nitrogens is 2. The molecule has 1 unspecified atom stereocenters. The molecule has 3 N–H and O–H groups in total. The Hall–Kier alpha value is -2.67. The van der Waals surface area contributed by atoms with E-state index in [2.05, 4.69) is 15.7 Å². The van der Waals surface area contributed by atoms with Crippen molar-refractivity contribution in [2.45, 2.75) is 50.8 Å². The number of amides is 2. The second-order valence-electron chi connectivity index (χ2n) is 7.00. The number of aliphatic hydroxyl groups is 1. The minimum atomic E-state index is -0.330. The summed E-state index contributed by atoms with van der Waals surface area (Å²) in [4.78, 5) is 24.9. The number of aliphatic hydroxyl groups excluding tert-OH is 1. The molecule has 1 aromatic carbocycles. The van der Waals surface area contributed by atoms with Gasteiger partial charge in [-0.25, -0.2) is 0 Å². The number of carbonyl (C=O) groups excluding carboxylic acids is 2. The van der Waals surface area contributed by atoms with Crippen molar-refractivity contribution in [2.24, 2.45) is 0 Å². The molecule has 2 amide bonds. The number of nitrogens with one attached hydrogen (secondary N) is 2. The average molecular weight is 370 g/mol. The van der Waals surface area contributed by atoms with Crippen LogP contribution in [-0.4, -0.2) is 45.9 Å². The van der Waals surface area contributed by atoms with Gasteiger partial charge in [-0.15, -0.1) is 0 Å². The van der Waals surface area contributed by atoms with Crippen LogP contribution in [0.5, 0.6) is 0 Å². The second kappa shape index (κ2) is 8.35. The molecule has 0 saturated heterocycles. The fourth-order valence-electron chi connectivity index (χ4n) is 3.45. The number of carbonyl (C=O) groups is 2. The van der Waals surface area contributed by atoms with Crippen molar-refractivity contribution in [1.29, 1.82) is 0 Å². The Kier molecular flexibility index (Phi) is 5.91. The third kappa shape index (κ3) is 4.36. The van der Waals surface area contributed by atoms with Gasteiger partial charge in [-0.1, -0.05) is 30.3 Å². The molecule has 1 fully saturated rings. The Labute approximate surface area is 158 Å². The molecule has 0 bridgehead atoms. The van der Waals surface area contributed by atoms with Gasteiger partial charge in [0.15, 0.2) is 5.69 Å². The summed E-state index contributed by atoms with van der Waals surface area (Å²) in [5.74, 6) is -0.578. The Bertz CT molecular complexity index is 795. The Morgan fingerprint density at radius 2 is 1.81 bits per heavy atom. The van der Waals surface area contributed by atoms with Crippen LogP contribution in [0.25, 0.3) is 0 Å². The molecule has 7 heteroatoms. The zero-order chi connectivity index (χ0) is 19.4. The average Bonchev–Trinajstić information content (AvgIpc) is 3.15. The molecule has 27 heavy (non-hydrogen) atoms. The van der Waals surface area contributed by atoms with Crippen LogP contribution in [-0.2, 0) is 0 Å². The quantitative estimate of drug-likeness (QED) is 0.749. The van der Waals surface area contributed by atoms with Crippen molar-refractivity contribution >= 4 is 11.8 Å². The van der Waals surface area contributed by atoms with E-state index in [0.717, 1.165) is 18.4 Å². The lowest BCUT2D eigenvalue weighted by molar-refractivity contribution is 0.0856. The summed E-state index contributed by atoms with van der Waals surface area (Å²) in [6, 6.07) is 11.1. The Morgan fingerprint density at radius 1 is 1.15 bits per heavy atom. The van der Waals surface area contributed by atoms with Crippen molar-refractivity contribution in [1.82, 2.24) is 20.4 Å². The lowest BCUT2D eigenvalue weighted by Crippen LogP contribution is -2.39. The molecule has 1 saturated carbocycles. The van der Waals surface area contributed by atoms with E-state index in [4.69, 9.17) is 0 Å². The van der Waals surface area contributed by atoms with Crippen LogP contribution >= 0.6 is 0 Å². The van der Waals surface area contributed by atoms with Gasteiger partial charge in [0.2, 0.25) is 0 Å². The zero-order valence-electron chi connectivity index (χ0n) is 15.7. The first-order valence-electron chi connectivity index (χ1n) is 9.35. The van der Waals surface area contributed by atoms with Crippen LogP contribution in [0.4, 0.5) is 0 Å². The molecule has 1 aromatic heterocycles. The summed E-state index contributed by atoms with van der Waals surface area (Å²) in [7, 11) is 1.54.